The van der Waals surface area contributed by atoms with Crippen molar-refractivity contribution in [3.05, 3.63) is 0 Å². The standard InChI is InChI=1S/C5H10O2.BrH/c1-4(2)5(6)7-3;/h4H,1-3H3;1H. The van der Waals surface area contributed by atoms with Gasteiger partial charge in [-0.1, -0.05) is 13.8 Å². The zero-order chi connectivity index (χ0) is 5.86. The van der Waals surface area contributed by atoms with Crippen LogP contribution in [0.2, 0.25) is 0 Å². The summed E-state index contributed by atoms with van der Waals surface area (Å²) in [6, 6.07) is 0. The Labute approximate surface area is 60.0 Å². The fourth-order valence-electron chi connectivity index (χ4n) is 0.236. The van der Waals surface area contributed by atoms with Gasteiger partial charge in [0.2, 0.25) is 0 Å². The van der Waals surface area contributed by atoms with Crippen molar-refractivity contribution in [3.63, 3.8) is 0 Å². The molecule has 0 aromatic heterocycles. The van der Waals surface area contributed by atoms with Crippen molar-refractivity contribution >= 4 is 23.0 Å². The molecule has 0 aromatic rings. The van der Waals surface area contributed by atoms with Gasteiger partial charge in [-0.25, -0.2) is 0 Å². The molecule has 0 atom stereocenters. The van der Waals surface area contributed by atoms with E-state index in [1.54, 1.807) is 13.8 Å². The van der Waals surface area contributed by atoms with Gasteiger partial charge in [0.1, 0.15) is 0 Å². The molecule has 0 aliphatic carbocycles. The summed E-state index contributed by atoms with van der Waals surface area (Å²) in [6.45, 7) is 3.59. The molecule has 0 aromatic carbocycles. The molecular weight excluding hydrogens is 172 g/mol. The maximum absolute atomic E-state index is 10.3. The Morgan fingerprint density at radius 1 is 1.50 bits per heavy atom. The van der Waals surface area contributed by atoms with Crippen LogP contribution in [-0.2, 0) is 9.53 Å². The zero-order valence-electron chi connectivity index (χ0n) is 5.30. The topological polar surface area (TPSA) is 26.3 Å². The molecule has 0 aliphatic rings. The monoisotopic (exact) mass is 182 g/mol. The normalized spacial score (nSPS) is 8.00. The fraction of sp³-hybridized carbons (Fsp3) is 0.800. The quantitative estimate of drug-likeness (QED) is 0.574. The summed E-state index contributed by atoms with van der Waals surface area (Å²) in [4.78, 5) is 10.3. The highest BCUT2D eigenvalue weighted by Gasteiger charge is 2.03. The van der Waals surface area contributed by atoms with E-state index in [0.717, 1.165) is 0 Å². The summed E-state index contributed by atoms with van der Waals surface area (Å²) in [6.07, 6.45) is 0. The molecule has 0 rings (SSSR count). The van der Waals surface area contributed by atoms with Crippen molar-refractivity contribution in [2.75, 3.05) is 7.11 Å². The second-order valence-electron chi connectivity index (χ2n) is 1.68. The van der Waals surface area contributed by atoms with Crippen LogP contribution in [0.5, 0.6) is 0 Å². The van der Waals surface area contributed by atoms with Crippen LogP contribution in [0.15, 0.2) is 0 Å². The molecule has 0 fully saturated rings. The summed E-state index contributed by atoms with van der Waals surface area (Å²) >= 11 is 0. The van der Waals surface area contributed by atoms with Gasteiger partial charge in [0.05, 0.1) is 13.0 Å². The molecule has 0 amide bonds. The van der Waals surface area contributed by atoms with Crippen molar-refractivity contribution in [2.24, 2.45) is 5.92 Å². The number of halogens is 1. The second kappa shape index (κ2) is 5.09. The van der Waals surface area contributed by atoms with E-state index in [2.05, 4.69) is 4.74 Å². The number of rotatable bonds is 1. The van der Waals surface area contributed by atoms with Gasteiger partial charge in [0, 0.05) is 0 Å². The van der Waals surface area contributed by atoms with Crippen LogP contribution in [0.4, 0.5) is 0 Å². The summed E-state index contributed by atoms with van der Waals surface area (Å²) in [5.41, 5.74) is 0. The van der Waals surface area contributed by atoms with E-state index in [1.807, 2.05) is 0 Å². The van der Waals surface area contributed by atoms with E-state index in [1.165, 1.54) is 7.11 Å². The highest BCUT2D eigenvalue weighted by atomic mass is 79.9. The van der Waals surface area contributed by atoms with Gasteiger partial charge in [-0.15, -0.1) is 17.0 Å². The molecule has 8 heavy (non-hydrogen) atoms. The third-order valence-electron chi connectivity index (χ3n) is 0.673. The van der Waals surface area contributed by atoms with Gasteiger partial charge in [-0.2, -0.15) is 0 Å². The molecule has 50 valence electrons. The van der Waals surface area contributed by atoms with E-state index >= 15 is 0 Å². The highest BCUT2D eigenvalue weighted by Crippen LogP contribution is 1.91. The number of ether oxygens (including phenoxy) is 1. The van der Waals surface area contributed by atoms with E-state index in [9.17, 15) is 4.79 Å². The smallest absolute Gasteiger partial charge is 0.308 e. The molecule has 0 radical (unpaired) electrons. The van der Waals surface area contributed by atoms with Crippen LogP contribution >= 0.6 is 17.0 Å². The van der Waals surface area contributed by atoms with Crippen LogP contribution in [0.25, 0.3) is 0 Å². The average Bonchev–Trinajstić information content (AvgIpc) is 1.65. The Morgan fingerprint density at radius 2 is 1.88 bits per heavy atom. The lowest BCUT2D eigenvalue weighted by Crippen LogP contribution is -2.07. The number of hydrogen-bond acceptors (Lipinski definition) is 2. The Morgan fingerprint density at radius 3 is 1.88 bits per heavy atom. The Hall–Kier alpha value is -0.0500. The third-order valence-corrected chi connectivity index (χ3v) is 0.673. The Kier molecular flexibility index (Phi) is 6.91. The van der Waals surface area contributed by atoms with Crippen LogP contribution in [0.3, 0.4) is 0 Å². The number of carbonyl (C=O) groups is 1. The van der Waals surface area contributed by atoms with Gasteiger partial charge in [0.25, 0.3) is 0 Å². The van der Waals surface area contributed by atoms with Crippen molar-refractivity contribution in [1.82, 2.24) is 0 Å². The van der Waals surface area contributed by atoms with Crippen LogP contribution < -0.4 is 0 Å². The minimum Gasteiger partial charge on any atom is -0.469 e. The van der Waals surface area contributed by atoms with Gasteiger partial charge in [-0.3, -0.25) is 4.79 Å². The fourth-order valence-corrected chi connectivity index (χ4v) is 0.236. The molecule has 0 N–H and O–H groups in total. The Bertz CT molecular complexity index is 70.8. The number of methoxy groups -OCH3 is 1. The molecule has 0 spiro atoms. The van der Waals surface area contributed by atoms with Gasteiger partial charge in [0.15, 0.2) is 0 Å². The minimum atomic E-state index is -0.153. The van der Waals surface area contributed by atoms with Crippen molar-refractivity contribution in [3.8, 4) is 0 Å². The molecule has 0 saturated carbocycles. The molecular formula is C5H11BrO2. The molecule has 0 bridgehead atoms. The van der Waals surface area contributed by atoms with E-state index in [4.69, 9.17) is 0 Å². The summed E-state index contributed by atoms with van der Waals surface area (Å²) < 4.78 is 4.37. The van der Waals surface area contributed by atoms with E-state index < -0.39 is 0 Å². The van der Waals surface area contributed by atoms with Crippen LogP contribution in [0.1, 0.15) is 13.8 Å². The predicted octanol–water partition coefficient (Wildman–Crippen LogP) is 1.39. The number of hydrogen-bond donors (Lipinski definition) is 0. The maximum atomic E-state index is 10.3. The highest BCUT2D eigenvalue weighted by molar-refractivity contribution is 8.93. The van der Waals surface area contributed by atoms with E-state index in [-0.39, 0.29) is 28.9 Å². The minimum absolute atomic E-state index is 0. The van der Waals surface area contributed by atoms with Gasteiger partial charge < -0.3 is 4.74 Å². The maximum Gasteiger partial charge on any atom is 0.308 e. The first-order valence-electron chi connectivity index (χ1n) is 2.26. The zero-order valence-corrected chi connectivity index (χ0v) is 7.02. The molecule has 0 heterocycles. The largest absolute Gasteiger partial charge is 0.469 e. The van der Waals surface area contributed by atoms with Gasteiger partial charge in [-0.05, 0) is 0 Å². The molecule has 0 aliphatic heterocycles. The van der Waals surface area contributed by atoms with E-state index in [0.29, 0.717) is 0 Å². The number of esters is 1. The average molecular weight is 183 g/mol. The lowest BCUT2D eigenvalue weighted by molar-refractivity contribution is -0.144. The summed E-state index contributed by atoms with van der Waals surface area (Å²) in [5.74, 6) is -0.148. The van der Waals surface area contributed by atoms with Crippen molar-refractivity contribution < 1.29 is 9.53 Å². The lowest BCUT2D eigenvalue weighted by atomic mass is 10.2. The first-order valence-corrected chi connectivity index (χ1v) is 2.26. The molecule has 2 nitrogen and oxygen atoms in total. The SMILES string of the molecule is Br.COC(=O)C(C)C. The summed E-state index contributed by atoms with van der Waals surface area (Å²) in [7, 11) is 1.39. The number of carbonyl (C=O) groups excluding carboxylic acids is 1. The predicted molar refractivity (Wildman–Crippen MR) is 37.2 cm³/mol. The first-order chi connectivity index (χ1) is 3.18. The van der Waals surface area contributed by atoms with Crippen LogP contribution in [0, 0.1) is 5.92 Å². The second-order valence-corrected chi connectivity index (χ2v) is 1.68. The molecule has 3 heteroatoms. The van der Waals surface area contributed by atoms with Crippen LogP contribution in [-0.4, -0.2) is 13.1 Å². The first kappa shape index (κ1) is 10.8. The molecule has 0 saturated heterocycles. The third kappa shape index (κ3) is 4.12. The Balaban J connectivity index is 0. The summed E-state index contributed by atoms with van der Waals surface area (Å²) in [5, 5.41) is 0. The molecule has 0 unspecified atom stereocenters. The lowest BCUT2D eigenvalue weighted by Gasteiger charge is -1.97. The van der Waals surface area contributed by atoms with Crippen molar-refractivity contribution in [1.29, 1.82) is 0 Å². The van der Waals surface area contributed by atoms with Crippen molar-refractivity contribution in [2.45, 2.75) is 13.8 Å². The van der Waals surface area contributed by atoms with Gasteiger partial charge >= 0.3 is 5.97 Å².